The van der Waals surface area contributed by atoms with E-state index in [1.807, 2.05) is 6.07 Å². The second-order valence-electron chi connectivity index (χ2n) is 7.42. The van der Waals surface area contributed by atoms with Gasteiger partial charge in [0.1, 0.15) is 0 Å². The molecule has 1 aromatic carbocycles. The number of halogens is 3. The molecular formula is C21H23F3N4O3. The summed E-state index contributed by atoms with van der Waals surface area (Å²) in [6.45, 7) is 0.782. The summed E-state index contributed by atoms with van der Waals surface area (Å²) in [5, 5.41) is 2.96. The van der Waals surface area contributed by atoms with Gasteiger partial charge in [-0.2, -0.15) is 13.2 Å². The van der Waals surface area contributed by atoms with Crippen molar-refractivity contribution in [3.63, 3.8) is 0 Å². The molecule has 3 aromatic rings. The number of fused-ring (bicyclic) bond motifs is 1. The Morgan fingerprint density at radius 3 is 2.65 bits per heavy atom. The van der Waals surface area contributed by atoms with Crippen molar-refractivity contribution in [2.45, 2.75) is 25.1 Å². The van der Waals surface area contributed by atoms with E-state index < -0.39 is 18.2 Å². The predicted molar refractivity (Wildman–Crippen MR) is 108 cm³/mol. The number of nitrogens with one attached hydrogen (secondary N) is 2. The van der Waals surface area contributed by atoms with E-state index in [-0.39, 0.29) is 17.9 Å². The molecule has 31 heavy (non-hydrogen) atoms. The molecule has 4 rings (SSSR count). The number of methoxy groups -OCH3 is 2. The highest BCUT2D eigenvalue weighted by Crippen LogP contribution is 2.35. The van der Waals surface area contributed by atoms with E-state index in [1.54, 1.807) is 25.3 Å². The maximum absolute atomic E-state index is 13.8. The van der Waals surface area contributed by atoms with Gasteiger partial charge in [-0.25, -0.2) is 9.97 Å². The van der Waals surface area contributed by atoms with Gasteiger partial charge in [-0.05, 0) is 36.7 Å². The second-order valence-corrected chi connectivity index (χ2v) is 7.42. The maximum Gasteiger partial charge on any atom is 0.425 e. The van der Waals surface area contributed by atoms with E-state index in [0.717, 1.165) is 5.56 Å². The van der Waals surface area contributed by atoms with Gasteiger partial charge in [0.25, 0.3) is 0 Å². The number of aromatic amines is 1. The minimum atomic E-state index is -4.51. The summed E-state index contributed by atoms with van der Waals surface area (Å²) in [4.78, 5) is 11.4. The summed E-state index contributed by atoms with van der Waals surface area (Å²) in [5.74, 6) is 0.351. The summed E-state index contributed by atoms with van der Waals surface area (Å²) in [6, 6.07) is 7.18. The summed E-state index contributed by atoms with van der Waals surface area (Å²) >= 11 is 0. The Labute approximate surface area is 176 Å². The van der Waals surface area contributed by atoms with Gasteiger partial charge >= 0.3 is 6.18 Å². The molecule has 0 bridgehead atoms. The first-order valence-corrected chi connectivity index (χ1v) is 9.87. The van der Waals surface area contributed by atoms with Gasteiger partial charge in [0.2, 0.25) is 5.88 Å². The van der Waals surface area contributed by atoms with Crippen LogP contribution in [0.15, 0.2) is 30.6 Å². The molecule has 1 aliphatic rings. The first-order valence-electron chi connectivity index (χ1n) is 9.87. The van der Waals surface area contributed by atoms with E-state index >= 15 is 0 Å². The Morgan fingerprint density at radius 2 is 1.97 bits per heavy atom. The van der Waals surface area contributed by atoms with Crippen LogP contribution in [0.3, 0.4) is 0 Å². The molecule has 166 valence electrons. The maximum atomic E-state index is 13.8. The lowest BCUT2D eigenvalue weighted by Crippen LogP contribution is -2.42. The van der Waals surface area contributed by atoms with Crippen LogP contribution < -0.4 is 19.5 Å². The normalized spacial score (nSPS) is 17.6. The van der Waals surface area contributed by atoms with Crippen LogP contribution in [0, 0.1) is 5.92 Å². The molecule has 2 aromatic heterocycles. The SMILES string of the molecule is COc1ccc(Cc2cc3[nH]cnc3c(O[C@@H]([C@@H]3CCNC3)C(F)(F)F)n2)cc1OC. The molecule has 0 amide bonds. The molecule has 0 saturated carbocycles. The molecule has 7 nitrogen and oxygen atoms in total. The Kier molecular flexibility index (Phi) is 5.90. The van der Waals surface area contributed by atoms with Crippen molar-refractivity contribution < 1.29 is 27.4 Å². The highest BCUT2D eigenvalue weighted by atomic mass is 19.4. The van der Waals surface area contributed by atoms with Crippen molar-refractivity contribution in [1.29, 1.82) is 0 Å². The topological polar surface area (TPSA) is 81.3 Å². The second kappa shape index (κ2) is 8.62. The molecule has 10 heteroatoms. The fraction of sp³-hybridized carbons (Fsp3) is 0.429. The van der Waals surface area contributed by atoms with Crippen LogP contribution in [0.5, 0.6) is 17.4 Å². The quantitative estimate of drug-likeness (QED) is 0.590. The zero-order chi connectivity index (χ0) is 22.0. The minimum Gasteiger partial charge on any atom is -0.493 e. The number of benzene rings is 1. The van der Waals surface area contributed by atoms with E-state index in [2.05, 4.69) is 20.3 Å². The third-order valence-corrected chi connectivity index (χ3v) is 5.35. The lowest BCUT2D eigenvalue weighted by molar-refractivity contribution is -0.208. The van der Waals surface area contributed by atoms with Crippen LogP contribution in [0.1, 0.15) is 17.7 Å². The number of hydrogen-bond acceptors (Lipinski definition) is 6. The number of hydrogen-bond donors (Lipinski definition) is 2. The minimum absolute atomic E-state index is 0.122. The Balaban J connectivity index is 1.66. The monoisotopic (exact) mass is 436 g/mol. The predicted octanol–water partition coefficient (Wildman–Crippen LogP) is 3.49. The molecule has 3 heterocycles. The van der Waals surface area contributed by atoms with Crippen molar-refractivity contribution in [1.82, 2.24) is 20.3 Å². The molecule has 1 fully saturated rings. The van der Waals surface area contributed by atoms with Crippen LogP contribution in [-0.4, -0.2) is 54.5 Å². The van der Waals surface area contributed by atoms with Gasteiger partial charge in [0.15, 0.2) is 23.1 Å². The van der Waals surface area contributed by atoms with Crippen LogP contribution in [0.2, 0.25) is 0 Å². The van der Waals surface area contributed by atoms with E-state index in [4.69, 9.17) is 14.2 Å². The highest BCUT2D eigenvalue weighted by molar-refractivity contribution is 5.80. The van der Waals surface area contributed by atoms with Crippen molar-refractivity contribution in [2.75, 3.05) is 27.3 Å². The molecule has 1 saturated heterocycles. The third kappa shape index (κ3) is 4.53. The first kappa shape index (κ1) is 21.2. The molecule has 0 unspecified atom stereocenters. The number of alkyl halides is 3. The molecule has 0 spiro atoms. The lowest BCUT2D eigenvalue weighted by atomic mass is 10.0. The van der Waals surface area contributed by atoms with Crippen LogP contribution in [-0.2, 0) is 6.42 Å². The van der Waals surface area contributed by atoms with E-state index in [0.29, 0.717) is 42.1 Å². The van der Waals surface area contributed by atoms with Crippen molar-refractivity contribution in [3.05, 3.63) is 41.9 Å². The average Bonchev–Trinajstić information content (AvgIpc) is 3.43. The molecule has 0 radical (unpaired) electrons. The summed E-state index contributed by atoms with van der Waals surface area (Å²) in [5.41, 5.74) is 2.24. The fourth-order valence-electron chi connectivity index (χ4n) is 3.83. The Bertz CT molecular complexity index is 1050. The number of rotatable bonds is 7. The van der Waals surface area contributed by atoms with Gasteiger partial charge in [-0.1, -0.05) is 6.07 Å². The molecule has 0 aliphatic carbocycles. The number of imidazole rings is 1. The van der Waals surface area contributed by atoms with E-state index in [9.17, 15) is 13.2 Å². The molecular weight excluding hydrogens is 413 g/mol. The third-order valence-electron chi connectivity index (χ3n) is 5.35. The van der Waals surface area contributed by atoms with Crippen molar-refractivity contribution in [2.24, 2.45) is 5.92 Å². The molecule has 2 atom stereocenters. The number of ether oxygens (including phenoxy) is 3. The van der Waals surface area contributed by atoms with Crippen molar-refractivity contribution >= 4 is 11.0 Å². The zero-order valence-corrected chi connectivity index (χ0v) is 17.1. The average molecular weight is 436 g/mol. The summed E-state index contributed by atoms with van der Waals surface area (Å²) in [6.07, 6.45) is -4.29. The summed E-state index contributed by atoms with van der Waals surface area (Å²) in [7, 11) is 3.09. The Hall–Kier alpha value is -3.01. The first-order chi connectivity index (χ1) is 14.9. The smallest absolute Gasteiger partial charge is 0.425 e. The van der Waals surface area contributed by atoms with Crippen LogP contribution >= 0.6 is 0 Å². The lowest BCUT2D eigenvalue weighted by Gasteiger charge is -2.26. The van der Waals surface area contributed by atoms with Gasteiger partial charge < -0.3 is 24.5 Å². The van der Waals surface area contributed by atoms with Gasteiger partial charge in [-0.3, -0.25) is 0 Å². The molecule has 2 N–H and O–H groups in total. The standard InChI is InChI=1S/C21H23F3N4O3/c1-29-16-4-3-12(8-17(16)30-2)7-14-9-15-18(27-11-26-15)20(28-14)31-19(21(22,23)24)13-5-6-25-10-13/h3-4,8-9,11,13,19,25H,5-7,10H2,1-2H3,(H,26,27)/t13-,19+/m1/s1. The number of aromatic nitrogens is 3. The van der Waals surface area contributed by atoms with Crippen LogP contribution in [0.4, 0.5) is 13.2 Å². The highest BCUT2D eigenvalue weighted by Gasteiger charge is 2.48. The van der Waals surface area contributed by atoms with Crippen molar-refractivity contribution in [3.8, 4) is 17.4 Å². The number of nitrogens with zero attached hydrogens (tertiary/aromatic N) is 2. The fourth-order valence-corrected chi connectivity index (χ4v) is 3.83. The Morgan fingerprint density at radius 1 is 1.16 bits per heavy atom. The van der Waals surface area contributed by atoms with Gasteiger partial charge in [0.05, 0.1) is 31.8 Å². The van der Waals surface area contributed by atoms with Gasteiger partial charge in [0, 0.05) is 18.9 Å². The largest absolute Gasteiger partial charge is 0.493 e. The number of pyridine rings is 1. The summed E-state index contributed by atoms with van der Waals surface area (Å²) < 4.78 is 57.3. The van der Waals surface area contributed by atoms with E-state index in [1.165, 1.54) is 13.4 Å². The van der Waals surface area contributed by atoms with Crippen LogP contribution in [0.25, 0.3) is 11.0 Å². The van der Waals surface area contributed by atoms with Gasteiger partial charge in [-0.15, -0.1) is 0 Å². The molecule has 1 aliphatic heterocycles. The number of H-pyrrole nitrogens is 1. The zero-order valence-electron chi connectivity index (χ0n) is 17.1.